The van der Waals surface area contributed by atoms with Crippen molar-refractivity contribution in [2.24, 2.45) is 5.92 Å². The van der Waals surface area contributed by atoms with E-state index in [1.165, 1.54) is 19.3 Å². The number of para-hydroxylation sites is 1. The summed E-state index contributed by atoms with van der Waals surface area (Å²) in [6, 6.07) is 13.7. The zero-order chi connectivity index (χ0) is 17.9. The van der Waals surface area contributed by atoms with E-state index in [0.717, 1.165) is 33.6 Å². The molecule has 2 aromatic carbocycles. The summed E-state index contributed by atoms with van der Waals surface area (Å²) < 4.78 is 7.03. The third-order valence-electron chi connectivity index (χ3n) is 5.09. The van der Waals surface area contributed by atoms with Crippen LogP contribution >= 0.6 is 22.9 Å². The van der Waals surface area contributed by atoms with Gasteiger partial charge in [0, 0.05) is 0 Å². The lowest BCUT2D eigenvalue weighted by Crippen LogP contribution is -2.16. The van der Waals surface area contributed by atoms with Gasteiger partial charge in [0.2, 0.25) is 0 Å². The van der Waals surface area contributed by atoms with Crippen molar-refractivity contribution in [1.82, 2.24) is 4.98 Å². The number of fused-ring (bicyclic) bond motifs is 1. The van der Waals surface area contributed by atoms with Crippen LogP contribution in [0.5, 0.6) is 5.75 Å². The second-order valence-corrected chi connectivity index (χ2v) is 8.41. The first-order valence-corrected chi connectivity index (χ1v) is 10.3. The molecule has 136 valence electrons. The van der Waals surface area contributed by atoms with E-state index in [1.807, 2.05) is 30.3 Å². The molecule has 0 bridgehead atoms. The standard InChI is InChI=1S/C21H22ClNO2S/c22-17-12-15(10-11-16(17)21(24)14-6-2-1-3-7-14)25-13-20-23-18-8-4-5-9-19(18)26-20/h4-5,8-12,14,21,24H,1-3,6-7,13H2. The van der Waals surface area contributed by atoms with E-state index in [-0.39, 0.29) is 0 Å². The predicted octanol–water partition coefficient (Wildman–Crippen LogP) is 6.14. The number of hydrogen-bond acceptors (Lipinski definition) is 4. The van der Waals surface area contributed by atoms with Crippen LogP contribution in [-0.4, -0.2) is 10.1 Å². The number of rotatable bonds is 5. The molecule has 1 atom stereocenters. The van der Waals surface area contributed by atoms with Gasteiger partial charge in [0.1, 0.15) is 17.4 Å². The topological polar surface area (TPSA) is 42.4 Å². The molecule has 26 heavy (non-hydrogen) atoms. The van der Waals surface area contributed by atoms with Gasteiger partial charge in [0.15, 0.2) is 0 Å². The number of benzene rings is 2. The maximum Gasteiger partial charge on any atom is 0.140 e. The van der Waals surface area contributed by atoms with Crippen LogP contribution in [0.2, 0.25) is 5.02 Å². The van der Waals surface area contributed by atoms with Crippen molar-refractivity contribution < 1.29 is 9.84 Å². The fraction of sp³-hybridized carbons (Fsp3) is 0.381. The maximum atomic E-state index is 10.7. The molecular formula is C21H22ClNO2S. The molecule has 0 radical (unpaired) electrons. The van der Waals surface area contributed by atoms with E-state index in [2.05, 4.69) is 11.1 Å². The molecule has 0 aliphatic heterocycles. The van der Waals surface area contributed by atoms with Crippen LogP contribution < -0.4 is 4.74 Å². The van der Waals surface area contributed by atoms with Crippen LogP contribution in [0.4, 0.5) is 0 Å². The first-order valence-electron chi connectivity index (χ1n) is 9.15. The average molecular weight is 388 g/mol. The Hall–Kier alpha value is -1.62. The monoisotopic (exact) mass is 387 g/mol. The normalized spacial score (nSPS) is 16.7. The number of hydrogen-bond donors (Lipinski definition) is 1. The molecule has 3 nitrogen and oxygen atoms in total. The number of thiazole rings is 1. The smallest absolute Gasteiger partial charge is 0.140 e. The molecule has 5 heteroatoms. The molecular weight excluding hydrogens is 366 g/mol. The summed E-state index contributed by atoms with van der Waals surface area (Å²) in [5, 5.41) is 12.2. The van der Waals surface area contributed by atoms with Gasteiger partial charge >= 0.3 is 0 Å². The predicted molar refractivity (Wildman–Crippen MR) is 107 cm³/mol. The van der Waals surface area contributed by atoms with Crippen molar-refractivity contribution in [3.8, 4) is 5.75 Å². The van der Waals surface area contributed by atoms with Crippen LogP contribution in [-0.2, 0) is 6.61 Å². The maximum absolute atomic E-state index is 10.7. The van der Waals surface area contributed by atoms with Gasteiger partial charge in [-0.3, -0.25) is 0 Å². The SMILES string of the molecule is OC(c1ccc(OCc2nc3ccccc3s2)cc1Cl)C1CCCCC1. The Labute approximate surface area is 162 Å². The molecule has 3 aromatic rings. The molecule has 0 saturated heterocycles. The van der Waals surface area contributed by atoms with Crippen molar-refractivity contribution in [2.75, 3.05) is 0 Å². The van der Waals surface area contributed by atoms with Gasteiger partial charge in [-0.1, -0.05) is 49.1 Å². The highest BCUT2D eigenvalue weighted by molar-refractivity contribution is 7.18. The molecule has 1 fully saturated rings. The second-order valence-electron chi connectivity index (χ2n) is 6.89. The minimum Gasteiger partial charge on any atom is -0.486 e. The van der Waals surface area contributed by atoms with Gasteiger partial charge in [-0.05, 0) is 48.6 Å². The Morgan fingerprint density at radius 3 is 2.73 bits per heavy atom. The van der Waals surface area contributed by atoms with E-state index in [0.29, 0.717) is 23.3 Å². The van der Waals surface area contributed by atoms with Crippen molar-refractivity contribution in [1.29, 1.82) is 0 Å². The Morgan fingerprint density at radius 1 is 1.15 bits per heavy atom. The summed E-state index contributed by atoms with van der Waals surface area (Å²) in [5.74, 6) is 1.02. The highest BCUT2D eigenvalue weighted by atomic mass is 35.5. The fourth-order valence-corrected chi connectivity index (χ4v) is 4.83. The zero-order valence-electron chi connectivity index (χ0n) is 14.5. The van der Waals surface area contributed by atoms with Crippen LogP contribution in [0, 0.1) is 5.92 Å². The van der Waals surface area contributed by atoms with Crippen LogP contribution in [0.1, 0.15) is 48.8 Å². The first kappa shape index (κ1) is 17.8. The van der Waals surface area contributed by atoms with E-state index in [9.17, 15) is 5.11 Å². The van der Waals surface area contributed by atoms with Gasteiger partial charge in [-0.25, -0.2) is 4.98 Å². The van der Waals surface area contributed by atoms with Crippen LogP contribution in [0.15, 0.2) is 42.5 Å². The van der Waals surface area contributed by atoms with Crippen LogP contribution in [0.25, 0.3) is 10.2 Å². The molecule has 1 saturated carbocycles. The Balaban J connectivity index is 1.43. The summed E-state index contributed by atoms with van der Waals surface area (Å²) in [6.07, 6.45) is 5.34. The van der Waals surface area contributed by atoms with Crippen molar-refractivity contribution in [2.45, 2.75) is 44.8 Å². The fourth-order valence-electron chi connectivity index (χ4n) is 3.67. The Bertz CT molecular complexity index is 856. The number of aliphatic hydroxyl groups is 1. The molecule has 0 spiro atoms. The van der Waals surface area contributed by atoms with E-state index in [4.69, 9.17) is 16.3 Å². The number of halogens is 1. The number of nitrogens with zero attached hydrogens (tertiary/aromatic N) is 1. The summed E-state index contributed by atoms with van der Waals surface area (Å²) in [6.45, 7) is 0.417. The second kappa shape index (κ2) is 7.95. The summed E-state index contributed by atoms with van der Waals surface area (Å²) in [4.78, 5) is 4.58. The lowest BCUT2D eigenvalue weighted by molar-refractivity contribution is 0.0849. The third kappa shape index (κ3) is 3.88. The van der Waals surface area contributed by atoms with E-state index < -0.39 is 6.10 Å². The lowest BCUT2D eigenvalue weighted by Gasteiger charge is -2.27. The highest BCUT2D eigenvalue weighted by Gasteiger charge is 2.24. The van der Waals surface area contributed by atoms with Gasteiger partial charge in [0.25, 0.3) is 0 Å². The minimum absolute atomic E-state index is 0.316. The van der Waals surface area contributed by atoms with Crippen molar-refractivity contribution in [3.05, 3.63) is 58.1 Å². The highest BCUT2D eigenvalue weighted by Crippen LogP contribution is 2.38. The molecule has 1 aliphatic rings. The van der Waals surface area contributed by atoms with Crippen molar-refractivity contribution in [3.63, 3.8) is 0 Å². The number of aromatic nitrogens is 1. The van der Waals surface area contributed by atoms with E-state index in [1.54, 1.807) is 17.4 Å². The van der Waals surface area contributed by atoms with Crippen molar-refractivity contribution >= 4 is 33.2 Å². The zero-order valence-corrected chi connectivity index (χ0v) is 16.1. The largest absolute Gasteiger partial charge is 0.486 e. The molecule has 1 aliphatic carbocycles. The van der Waals surface area contributed by atoms with Crippen LogP contribution in [0.3, 0.4) is 0 Å². The number of aliphatic hydroxyl groups excluding tert-OH is 1. The molecule has 1 N–H and O–H groups in total. The van der Waals surface area contributed by atoms with Gasteiger partial charge < -0.3 is 9.84 Å². The van der Waals surface area contributed by atoms with Gasteiger partial charge in [-0.15, -0.1) is 11.3 Å². The minimum atomic E-state index is -0.485. The summed E-state index contributed by atoms with van der Waals surface area (Å²) in [7, 11) is 0. The molecule has 1 aromatic heterocycles. The third-order valence-corrected chi connectivity index (χ3v) is 6.42. The number of ether oxygens (including phenoxy) is 1. The Morgan fingerprint density at radius 2 is 1.96 bits per heavy atom. The first-order chi connectivity index (χ1) is 12.7. The average Bonchev–Trinajstić information content (AvgIpc) is 3.10. The molecule has 4 rings (SSSR count). The summed E-state index contributed by atoms with van der Waals surface area (Å²) >= 11 is 8.07. The Kier molecular flexibility index (Phi) is 5.44. The van der Waals surface area contributed by atoms with E-state index >= 15 is 0 Å². The molecule has 1 unspecified atom stereocenters. The quantitative estimate of drug-likeness (QED) is 0.571. The van der Waals surface area contributed by atoms with Gasteiger partial charge in [-0.2, -0.15) is 0 Å². The summed E-state index contributed by atoms with van der Waals surface area (Å²) in [5.41, 5.74) is 1.81. The molecule has 1 heterocycles. The molecule has 0 amide bonds. The lowest BCUT2D eigenvalue weighted by atomic mass is 9.83. The van der Waals surface area contributed by atoms with Gasteiger partial charge in [0.05, 0.1) is 21.3 Å².